The van der Waals surface area contributed by atoms with Crippen molar-refractivity contribution in [2.75, 3.05) is 14.2 Å². The lowest BCUT2D eigenvalue weighted by atomic mass is 9.58. The second-order valence-electron chi connectivity index (χ2n) is 6.47. The van der Waals surface area contributed by atoms with Crippen LogP contribution in [0.5, 0.6) is 0 Å². The molecule has 21 heavy (non-hydrogen) atoms. The van der Waals surface area contributed by atoms with Crippen molar-refractivity contribution < 1.29 is 9.53 Å². The Hall–Kier alpha value is -1.39. The van der Waals surface area contributed by atoms with Crippen LogP contribution in [0, 0.1) is 11.3 Å². The highest BCUT2D eigenvalue weighted by atomic mass is 16.5. The summed E-state index contributed by atoms with van der Waals surface area (Å²) < 4.78 is 5.57. The zero-order valence-corrected chi connectivity index (χ0v) is 13.6. The maximum Gasteiger partial charge on any atom is 0.251 e. The molecule has 0 bridgehead atoms. The van der Waals surface area contributed by atoms with E-state index in [1.807, 2.05) is 24.3 Å². The zero-order chi connectivity index (χ0) is 15.6. The molecule has 0 spiro atoms. The van der Waals surface area contributed by atoms with Crippen LogP contribution in [0.4, 0.5) is 0 Å². The normalized spacial score (nSPS) is 27.0. The summed E-state index contributed by atoms with van der Waals surface area (Å²) in [7, 11) is 3.43. The molecular weight excluding hydrogens is 264 g/mol. The molecule has 1 saturated carbocycles. The fraction of sp³-hybridized carbons (Fsp3) is 0.588. The lowest BCUT2D eigenvalue weighted by molar-refractivity contribution is -0.145. The predicted molar refractivity (Wildman–Crippen MR) is 84.2 cm³/mol. The minimum absolute atomic E-state index is 0.0498. The second kappa shape index (κ2) is 6.16. The van der Waals surface area contributed by atoms with Gasteiger partial charge in [0.05, 0.1) is 6.10 Å². The molecule has 0 heterocycles. The molecule has 116 valence electrons. The summed E-state index contributed by atoms with van der Waals surface area (Å²) >= 11 is 0. The van der Waals surface area contributed by atoms with E-state index in [1.165, 1.54) is 5.56 Å². The summed E-state index contributed by atoms with van der Waals surface area (Å²) in [6.07, 6.45) is 0.311. The molecule has 0 saturated heterocycles. The van der Waals surface area contributed by atoms with Crippen LogP contribution in [0.2, 0.25) is 0 Å². The average molecular weight is 290 g/mol. The maximum absolute atomic E-state index is 11.5. The third kappa shape index (κ3) is 2.97. The number of hydrogen-bond acceptors (Lipinski definition) is 3. The van der Waals surface area contributed by atoms with Gasteiger partial charge in [-0.15, -0.1) is 0 Å². The van der Waals surface area contributed by atoms with Gasteiger partial charge < -0.3 is 15.4 Å². The molecule has 2 rings (SSSR count). The standard InChI is InChI=1S/C17H26N2O2/c1-11-14(17(2,3)15(11)21-5)19-10-12-6-8-13(9-7-12)16(20)18-4/h6-9,11,14-15,19H,10H2,1-5H3,(H,18,20)/t11-,14+,15+/m0/s1. The lowest BCUT2D eigenvalue weighted by Gasteiger charge is -2.56. The van der Waals surface area contributed by atoms with Crippen molar-refractivity contribution >= 4 is 5.91 Å². The topological polar surface area (TPSA) is 50.4 Å². The van der Waals surface area contributed by atoms with Crippen molar-refractivity contribution in [1.82, 2.24) is 10.6 Å². The smallest absolute Gasteiger partial charge is 0.251 e. The average Bonchev–Trinajstić information content (AvgIpc) is 2.47. The Morgan fingerprint density at radius 2 is 1.90 bits per heavy atom. The summed E-state index contributed by atoms with van der Waals surface area (Å²) in [6.45, 7) is 7.52. The van der Waals surface area contributed by atoms with E-state index < -0.39 is 0 Å². The van der Waals surface area contributed by atoms with Gasteiger partial charge >= 0.3 is 0 Å². The van der Waals surface area contributed by atoms with Gasteiger partial charge in [-0.25, -0.2) is 0 Å². The number of hydrogen-bond donors (Lipinski definition) is 2. The number of nitrogens with one attached hydrogen (secondary N) is 2. The van der Waals surface area contributed by atoms with Crippen LogP contribution >= 0.6 is 0 Å². The van der Waals surface area contributed by atoms with Crippen molar-refractivity contribution in [2.24, 2.45) is 11.3 Å². The highest BCUT2D eigenvalue weighted by Crippen LogP contribution is 2.46. The Kier molecular flexibility index (Phi) is 4.69. The van der Waals surface area contributed by atoms with Gasteiger partial charge in [-0.3, -0.25) is 4.79 Å². The van der Waals surface area contributed by atoms with E-state index >= 15 is 0 Å². The van der Waals surface area contributed by atoms with Gasteiger partial charge in [-0.2, -0.15) is 0 Å². The van der Waals surface area contributed by atoms with Gasteiger partial charge in [0, 0.05) is 37.7 Å². The van der Waals surface area contributed by atoms with Gasteiger partial charge in [0.1, 0.15) is 0 Å². The summed E-state index contributed by atoms with van der Waals surface area (Å²) in [5.41, 5.74) is 2.03. The molecule has 2 N–H and O–H groups in total. The van der Waals surface area contributed by atoms with Gasteiger partial charge in [0.15, 0.2) is 0 Å². The Bertz CT molecular complexity index is 496. The first-order valence-corrected chi connectivity index (χ1v) is 7.49. The molecule has 0 radical (unpaired) electrons. The first-order chi connectivity index (χ1) is 9.91. The number of carbonyl (C=O) groups is 1. The molecule has 1 aliphatic rings. The van der Waals surface area contributed by atoms with E-state index in [2.05, 4.69) is 31.4 Å². The number of amides is 1. The SMILES string of the molecule is CNC(=O)c1ccc(CN[C@@H]2[C@H](C)[C@@H](OC)C2(C)C)cc1. The van der Waals surface area contributed by atoms with Crippen LogP contribution in [0.15, 0.2) is 24.3 Å². The van der Waals surface area contributed by atoms with E-state index in [1.54, 1.807) is 14.2 Å². The molecule has 3 atom stereocenters. The molecule has 1 fully saturated rings. The monoisotopic (exact) mass is 290 g/mol. The summed E-state index contributed by atoms with van der Waals surface area (Å²) in [4.78, 5) is 11.5. The van der Waals surface area contributed by atoms with E-state index in [4.69, 9.17) is 4.74 Å². The van der Waals surface area contributed by atoms with Gasteiger partial charge in [0.25, 0.3) is 5.91 Å². The molecular formula is C17H26N2O2. The zero-order valence-electron chi connectivity index (χ0n) is 13.6. The second-order valence-corrected chi connectivity index (χ2v) is 6.47. The van der Waals surface area contributed by atoms with Gasteiger partial charge in [-0.05, 0) is 23.6 Å². The summed E-state index contributed by atoms with van der Waals surface area (Å²) in [5.74, 6) is 0.460. The Labute approximate surface area is 127 Å². The van der Waals surface area contributed by atoms with E-state index in [-0.39, 0.29) is 11.3 Å². The summed E-state index contributed by atoms with van der Waals surface area (Å²) in [6, 6.07) is 8.18. The minimum Gasteiger partial charge on any atom is -0.380 e. The van der Waals surface area contributed by atoms with Gasteiger partial charge in [-0.1, -0.05) is 32.9 Å². The molecule has 1 aromatic rings. The number of methoxy groups -OCH3 is 1. The molecule has 0 aromatic heterocycles. The number of ether oxygens (including phenoxy) is 1. The quantitative estimate of drug-likeness (QED) is 0.874. The molecule has 1 aliphatic carbocycles. The maximum atomic E-state index is 11.5. The van der Waals surface area contributed by atoms with Crippen molar-refractivity contribution in [3.8, 4) is 0 Å². The van der Waals surface area contributed by atoms with Gasteiger partial charge in [0.2, 0.25) is 0 Å². The third-order valence-corrected chi connectivity index (χ3v) is 4.76. The highest BCUT2D eigenvalue weighted by Gasteiger charge is 2.54. The molecule has 1 aromatic carbocycles. The Morgan fingerprint density at radius 1 is 1.29 bits per heavy atom. The lowest BCUT2D eigenvalue weighted by Crippen LogP contribution is -2.66. The number of benzene rings is 1. The van der Waals surface area contributed by atoms with Crippen LogP contribution in [0.3, 0.4) is 0 Å². The van der Waals surface area contributed by atoms with Crippen LogP contribution in [0.1, 0.15) is 36.7 Å². The van der Waals surface area contributed by atoms with Crippen molar-refractivity contribution in [3.63, 3.8) is 0 Å². The minimum atomic E-state index is -0.0498. The molecule has 1 amide bonds. The predicted octanol–water partition coefficient (Wildman–Crippen LogP) is 2.20. The fourth-order valence-corrected chi connectivity index (χ4v) is 3.70. The fourth-order valence-electron chi connectivity index (χ4n) is 3.70. The first-order valence-electron chi connectivity index (χ1n) is 7.49. The van der Waals surface area contributed by atoms with E-state index in [9.17, 15) is 4.79 Å². The Balaban J connectivity index is 1.93. The first kappa shape index (κ1) is 16.0. The van der Waals surface area contributed by atoms with Crippen molar-refractivity contribution in [3.05, 3.63) is 35.4 Å². The molecule has 0 aliphatic heterocycles. The third-order valence-electron chi connectivity index (χ3n) is 4.76. The molecule has 4 heteroatoms. The van der Waals surface area contributed by atoms with E-state index in [0.717, 1.165) is 6.54 Å². The van der Waals surface area contributed by atoms with Crippen LogP contribution in [-0.2, 0) is 11.3 Å². The summed E-state index contributed by atoms with van der Waals surface area (Å²) in [5, 5.41) is 6.25. The van der Waals surface area contributed by atoms with Crippen molar-refractivity contribution in [1.29, 1.82) is 0 Å². The number of rotatable bonds is 5. The molecule has 4 nitrogen and oxygen atoms in total. The van der Waals surface area contributed by atoms with Crippen molar-refractivity contribution in [2.45, 2.75) is 39.5 Å². The Morgan fingerprint density at radius 3 is 2.38 bits per heavy atom. The van der Waals surface area contributed by atoms with Crippen LogP contribution in [-0.4, -0.2) is 32.2 Å². The largest absolute Gasteiger partial charge is 0.380 e. The molecule has 0 unspecified atom stereocenters. The van der Waals surface area contributed by atoms with Crippen LogP contribution in [0.25, 0.3) is 0 Å². The van der Waals surface area contributed by atoms with Crippen LogP contribution < -0.4 is 10.6 Å². The van der Waals surface area contributed by atoms with E-state index in [0.29, 0.717) is 23.6 Å². The highest BCUT2D eigenvalue weighted by molar-refractivity contribution is 5.93. The number of carbonyl (C=O) groups excluding carboxylic acids is 1.